The molecule has 114 valence electrons. The van der Waals surface area contributed by atoms with Gasteiger partial charge in [0.2, 0.25) is 0 Å². The first-order valence-electron chi connectivity index (χ1n) is 6.78. The van der Waals surface area contributed by atoms with Crippen LogP contribution in [0.2, 0.25) is 0 Å². The van der Waals surface area contributed by atoms with Crippen LogP contribution in [0.5, 0.6) is 0 Å². The Morgan fingerprint density at radius 3 is 2.29 bits per heavy atom. The first-order chi connectivity index (χ1) is 9.84. The molecular weight excluding hydrogens is 279 g/mol. The number of nitrogens with one attached hydrogen (secondary N) is 1. The van der Waals surface area contributed by atoms with Crippen LogP contribution in [0, 0.1) is 13.8 Å². The van der Waals surface area contributed by atoms with E-state index in [1.165, 1.54) is 12.1 Å². The van der Waals surface area contributed by atoms with Crippen LogP contribution in [0.15, 0.2) is 24.3 Å². The minimum absolute atomic E-state index is 0.631. The number of nitrogens with zero attached hydrogens (tertiary/aromatic N) is 2. The minimum atomic E-state index is -4.32. The molecule has 1 N–H and O–H groups in total. The average Bonchev–Trinajstić information content (AvgIpc) is 2.71. The summed E-state index contributed by atoms with van der Waals surface area (Å²) in [5.41, 5.74) is 2.88. The highest BCUT2D eigenvalue weighted by Crippen LogP contribution is 2.30. The number of alkyl halides is 3. The maximum atomic E-state index is 12.6. The smallest absolute Gasteiger partial charge is 0.313 e. The molecule has 0 amide bonds. The molecule has 0 unspecified atom stereocenters. The van der Waals surface area contributed by atoms with Crippen molar-refractivity contribution in [1.29, 1.82) is 0 Å². The maximum Gasteiger partial charge on any atom is 0.416 e. The monoisotopic (exact) mass is 297 g/mol. The average molecular weight is 297 g/mol. The van der Waals surface area contributed by atoms with Gasteiger partial charge in [-0.05, 0) is 44.7 Å². The number of aromatic nitrogens is 2. The largest absolute Gasteiger partial charge is 0.416 e. The quantitative estimate of drug-likeness (QED) is 0.934. The number of hydrogen-bond donors (Lipinski definition) is 1. The first kappa shape index (κ1) is 15.6. The van der Waals surface area contributed by atoms with Crippen molar-refractivity contribution in [2.45, 2.75) is 33.5 Å². The van der Waals surface area contributed by atoms with Gasteiger partial charge < -0.3 is 5.32 Å². The van der Waals surface area contributed by atoms with E-state index in [1.54, 1.807) is 4.68 Å². The van der Waals surface area contributed by atoms with Gasteiger partial charge in [0.15, 0.2) is 0 Å². The van der Waals surface area contributed by atoms with Gasteiger partial charge in [-0.1, -0.05) is 6.92 Å². The third kappa shape index (κ3) is 3.26. The van der Waals surface area contributed by atoms with Crippen LogP contribution in [-0.2, 0) is 12.7 Å². The second-order valence-electron chi connectivity index (χ2n) is 4.89. The van der Waals surface area contributed by atoms with Crippen molar-refractivity contribution in [2.24, 2.45) is 0 Å². The highest BCUT2D eigenvalue weighted by Gasteiger charge is 2.30. The lowest BCUT2D eigenvalue weighted by molar-refractivity contribution is -0.137. The number of benzene rings is 1. The molecule has 3 nitrogen and oxygen atoms in total. The molecule has 0 aliphatic heterocycles. The van der Waals surface area contributed by atoms with E-state index in [4.69, 9.17) is 0 Å². The van der Waals surface area contributed by atoms with E-state index in [2.05, 4.69) is 10.4 Å². The van der Waals surface area contributed by atoms with Crippen LogP contribution in [0.3, 0.4) is 0 Å². The fraction of sp³-hybridized carbons (Fsp3) is 0.400. The summed E-state index contributed by atoms with van der Waals surface area (Å²) in [4.78, 5) is 0. The molecule has 0 saturated heterocycles. The Labute approximate surface area is 121 Å². The van der Waals surface area contributed by atoms with Crippen molar-refractivity contribution in [3.05, 3.63) is 46.8 Å². The van der Waals surface area contributed by atoms with Crippen LogP contribution >= 0.6 is 0 Å². The van der Waals surface area contributed by atoms with Crippen molar-refractivity contribution >= 4 is 0 Å². The Morgan fingerprint density at radius 1 is 1.14 bits per heavy atom. The molecule has 0 spiro atoms. The van der Waals surface area contributed by atoms with E-state index in [1.807, 2.05) is 20.8 Å². The van der Waals surface area contributed by atoms with E-state index in [0.717, 1.165) is 35.6 Å². The molecule has 2 rings (SSSR count). The van der Waals surface area contributed by atoms with Crippen molar-refractivity contribution < 1.29 is 13.2 Å². The molecular formula is C15H18F3N3. The Morgan fingerprint density at radius 2 is 1.76 bits per heavy atom. The third-order valence-electron chi connectivity index (χ3n) is 3.43. The summed E-state index contributed by atoms with van der Waals surface area (Å²) in [5.74, 6) is 0. The number of aryl methyl sites for hydroxylation is 1. The van der Waals surface area contributed by atoms with Crippen molar-refractivity contribution in [3.63, 3.8) is 0 Å². The molecule has 6 heteroatoms. The fourth-order valence-electron chi connectivity index (χ4n) is 2.22. The lowest BCUT2D eigenvalue weighted by atomic mass is 10.2. The summed E-state index contributed by atoms with van der Waals surface area (Å²) in [6, 6.07) is 5.05. The standard InChI is InChI=1S/C15H18F3N3/c1-4-19-9-14-10(2)20-21(11(14)3)13-7-5-12(6-8-13)15(16,17)18/h5-8,19H,4,9H2,1-3H3. The van der Waals surface area contributed by atoms with E-state index in [-0.39, 0.29) is 0 Å². The van der Waals surface area contributed by atoms with Crippen LogP contribution in [0.25, 0.3) is 5.69 Å². The molecule has 0 saturated carbocycles. The summed E-state index contributed by atoms with van der Waals surface area (Å²) in [5, 5.41) is 7.66. The van der Waals surface area contributed by atoms with E-state index >= 15 is 0 Å². The molecule has 0 fully saturated rings. The Kier molecular flexibility index (Phi) is 4.37. The predicted octanol–water partition coefficient (Wildman–Crippen LogP) is 3.62. The summed E-state index contributed by atoms with van der Waals surface area (Å²) in [7, 11) is 0. The molecule has 2 aromatic rings. The second kappa shape index (κ2) is 5.89. The van der Waals surface area contributed by atoms with Gasteiger partial charge in [0.05, 0.1) is 16.9 Å². The molecule has 1 aromatic heterocycles. The Bertz CT molecular complexity index is 612. The molecule has 0 aliphatic carbocycles. The zero-order valence-corrected chi connectivity index (χ0v) is 12.3. The molecule has 0 radical (unpaired) electrons. The number of rotatable bonds is 4. The SMILES string of the molecule is CCNCc1c(C)nn(-c2ccc(C(F)(F)F)cc2)c1C. The van der Waals surface area contributed by atoms with Gasteiger partial charge in [0.1, 0.15) is 0 Å². The zero-order chi connectivity index (χ0) is 15.6. The normalized spacial score (nSPS) is 11.9. The van der Waals surface area contributed by atoms with E-state index < -0.39 is 11.7 Å². The van der Waals surface area contributed by atoms with Crippen molar-refractivity contribution in [1.82, 2.24) is 15.1 Å². The molecule has 1 aromatic carbocycles. The van der Waals surface area contributed by atoms with Gasteiger partial charge in [-0.3, -0.25) is 0 Å². The van der Waals surface area contributed by atoms with Crippen LogP contribution < -0.4 is 5.32 Å². The lowest BCUT2D eigenvalue weighted by Crippen LogP contribution is -2.13. The van der Waals surface area contributed by atoms with Crippen molar-refractivity contribution in [3.8, 4) is 5.69 Å². The number of hydrogen-bond acceptors (Lipinski definition) is 2. The van der Waals surface area contributed by atoms with Gasteiger partial charge in [0, 0.05) is 17.8 Å². The Hall–Kier alpha value is -1.82. The topological polar surface area (TPSA) is 29.9 Å². The van der Waals surface area contributed by atoms with Gasteiger partial charge in [-0.15, -0.1) is 0 Å². The van der Waals surface area contributed by atoms with Crippen LogP contribution in [-0.4, -0.2) is 16.3 Å². The fourth-order valence-corrected chi connectivity index (χ4v) is 2.22. The summed E-state index contributed by atoms with van der Waals surface area (Å²) >= 11 is 0. The van der Waals surface area contributed by atoms with Crippen molar-refractivity contribution in [2.75, 3.05) is 6.54 Å². The number of halogens is 3. The third-order valence-corrected chi connectivity index (χ3v) is 3.43. The van der Waals surface area contributed by atoms with E-state index in [0.29, 0.717) is 12.2 Å². The highest BCUT2D eigenvalue weighted by molar-refractivity contribution is 5.39. The van der Waals surface area contributed by atoms with E-state index in [9.17, 15) is 13.2 Å². The molecule has 21 heavy (non-hydrogen) atoms. The Balaban J connectivity index is 2.34. The summed E-state index contributed by atoms with van der Waals surface area (Å²) < 4.78 is 39.4. The van der Waals surface area contributed by atoms with Gasteiger partial charge in [-0.25, -0.2) is 4.68 Å². The molecule has 0 atom stereocenters. The minimum Gasteiger partial charge on any atom is -0.313 e. The second-order valence-corrected chi connectivity index (χ2v) is 4.89. The van der Waals surface area contributed by atoms with Crippen LogP contribution in [0.4, 0.5) is 13.2 Å². The highest BCUT2D eigenvalue weighted by atomic mass is 19.4. The summed E-state index contributed by atoms with van der Waals surface area (Å²) in [6.07, 6.45) is -4.32. The summed E-state index contributed by atoms with van der Waals surface area (Å²) in [6.45, 7) is 7.40. The van der Waals surface area contributed by atoms with Gasteiger partial charge in [-0.2, -0.15) is 18.3 Å². The molecule has 0 aliphatic rings. The molecule has 1 heterocycles. The molecule has 0 bridgehead atoms. The predicted molar refractivity (Wildman–Crippen MR) is 75.4 cm³/mol. The van der Waals surface area contributed by atoms with Gasteiger partial charge in [0.25, 0.3) is 0 Å². The lowest BCUT2D eigenvalue weighted by Gasteiger charge is -2.09. The van der Waals surface area contributed by atoms with Gasteiger partial charge >= 0.3 is 6.18 Å². The van der Waals surface area contributed by atoms with Crippen LogP contribution in [0.1, 0.15) is 29.4 Å². The zero-order valence-electron chi connectivity index (χ0n) is 12.3. The first-order valence-corrected chi connectivity index (χ1v) is 6.78. The maximum absolute atomic E-state index is 12.6.